The Morgan fingerprint density at radius 2 is 1.85 bits per heavy atom. The number of halogens is 2. The Balaban J connectivity index is 1.41. The van der Waals surface area contributed by atoms with E-state index in [2.05, 4.69) is 16.0 Å². The van der Waals surface area contributed by atoms with Gasteiger partial charge in [0.1, 0.15) is 22.7 Å². The number of rotatable bonds is 5. The monoisotopic (exact) mass is 538 g/mol. The predicted molar refractivity (Wildman–Crippen MR) is 127 cm³/mol. The van der Waals surface area contributed by atoms with Gasteiger partial charge < -0.3 is 24.7 Å². The van der Waals surface area contributed by atoms with Crippen LogP contribution in [0, 0.1) is 11.6 Å². The minimum Gasteiger partial charge on any atom is -0.494 e. The Labute approximate surface area is 218 Å². The molecule has 2 aromatic carbocycles. The molecule has 2 fully saturated rings. The maximum atomic E-state index is 15.2. The molecule has 6 rings (SSSR count). The zero-order valence-corrected chi connectivity index (χ0v) is 20.6. The molecule has 0 spiro atoms. The van der Waals surface area contributed by atoms with E-state index in [1.54, 1.807) is 0 Å². The van der Waals surface area contributed by atoms with E-state index in [1.807, 2.05) is 0 Å². The van der Waals surface area contributed by atoms with Gasteiger partial charge in [-0.1, -0.05) is 6.07 Å². The molecule has 0 saturated carbocycles. The van der Waals surface area contributed by atoms with Crippen LogP contribution < -0.4 is 20.7 Å². The van der Waals surface area contributed by atoms with Gasteiger partial charge in [0.15, 0.2) is 22.9 Å². The molecular weight excluding hydrogens is 518 g/mol. The van der Waals surface area contributed by atoms with E-state index in [9.17, 15) is 28.4 Å². The Kier molecular flexibility index (Phi) is 5.09. The van der Waals surface area contributed by atoms with Crippen molar-refractivity contribution in [2.24, 2.45) is 0 Å². The molecule has 0 bridgehead atoms. The van der Waals surface area contributed by atoms with Gasteiger partial charge in [-0.05, 0) is 30.7 Å². The lowest BCUT2D eigenvalue weighted by Crippen LogP contribution is -2.52. The van der Waals surface area contributed by atoms with Gasteiger partial charge in [0.05, 0.1) is 25.6 Å². The fraction of sp³-hybridized carbons (Fsp3) is 0.269. The third kappa shape index (κ3) is 3.42. The van der Waals surface area contributed by atoms with Crippen LogP contribution in [0.5, 0.6) is 5.75 Å². The van der Waals surface area contributed by atoms with Gasteiger partial charge >= 0.3 is 6.03 Å². The van der Waals surface area contributed by atoms with Crippen LogP contribution in [0.4, 0.5) is 13.6 Å². The number of hydrogen-bond acceptors (Lipinski definition) is 7. The van der Waals surface area contributed by atoms with Crippen LogP contribution in [0.1, 0.15) is 40.6 Å². The Bertz CT molecular complexity index is 1670. The Morgan fingerprint density at radius 3 is 2.49 bits per heavy atom. The lowest BCUT2D eigenvalue weighted by Gasteiger charge is -2.29. The zero-order valence-electron chi connectivity index (χ0n) is 20.6. The van der Waals surface area contributed by atoms with Gasteiger partial charge in [-0.2, -0.15) is 0 Å². The van der Waals surface area contributed by atoms with Gasteiger partial charge in [0, 0.05) is 23.6 Å². The van der Waals surface area contributed by atoms with Crippen molar-refractivity contribution in [3.8, 4) is 5.75 Å². The topological polar surface area (TPSA) is 147 Å². The highest BCUT2D eigenvalue weighted by atomic mass is 19.1. The van der Waals surface area contributed by atoms with E-state index in [0.717, 1.165) is 6.07 Å². The van der Waals surface area contributed by atoms with Crippen molar-refractivity contribution in [1.82, 2.24) is 20.9 Å². The highest BCUT2D eigenvalue weighted by Gasteiger charge is 2.53. The molecule has 3 aliphatic heterocycles. The van der Waals surface area contributed by atoms with Crippen molar-refractivity contribution < 1.29 is 41.9 Å². The van der Waals surface area contributed by atoms with Crippen LogP contribution in [0.25, 0.3) is 11.0 Å². The first-order valence-electron chi connectivity index (χ1n) is 11.8. The summed E-state index contributed by atoms with van der Waals surface area (Å²) in [5.41, 5.74) is -3.46. The van der Waals surface area contributed by atoms with Crippen LogP contribution >= 0.6 is 0 Å². The van der Waals surface area contributed by atoms with Crippen molar-refractivity contribution >= 4 is 40.5 Å². The number of ether oxygens (including phenoxy) is 1. The van der Waals surface area contributed by atoms with Crippen molar-refractivity contribution in [2.45, 2.75) is 31.0 Å². The summed E-state index contributed by atoms with van der Waals surface area (Å²) in [6, 6.07) is 5.78. The van der Waals surface area contributed by atoms with E-state index in [4.69, 9.17) is 9.15 Å². The third-order valence-electron chi connectivity index (χ3n) is 7.48. The number of Topliss-reactive ketones (excluding diaryl/α,β-unsaturated/α-hetero) is 1. The fourth-order valence-electron chi connectivity index (χ4n) is 5.41. The van der Waals surface area contributed by atoms with E-state index >= 15 is 4.39 Å². The smallest absolute Gasteiger partial charge is 0.322 e. The molecule has 1 aromatic heterocycles. The number of imide groups is 1. The van der Waals surface area contributed by atoms with E-state index in [1.165, 1.54) is 43.2 Å². The van der Waals surface area contributed by atoms with E-state index in [-0.39, 0.29) is 40.2 Å². The molecule has 39 heavy (non-hydrogen) atoms. The van der Waals surface area contributed by atoms with Crippen molar-refractivity contribution in [1.29, 1.82) is 0 Å². The number of furan rings is 1. The lowest BCUT2D eigenvalue weighted by atomic mass is 9.88. The highest BCUT2D eigenvalue weighted by Crippen LogP contribution is 2.38. The molecule has 2 saturated heterocycles. The maximum absolute atomic E-state index is 15.2. The summed E-state index contributed by atoms with van der Waals surface area (Å²) in [6.07, 6.45) is -0.390. The molecular formula is C26H20F2N4O7. The van der Waals surface area contributed by atoms with Crippen LogP contribution in [-0.4, -0.2) is 48.1 Å². The van der Waals surface area contributed by atoms with Crippen LogP contribution in [-0.2, 0) is 32.0 Å². The Morgan fingerprint density at radius 1 is 1.08 bits per heavy atom. The number of carbonyl (C=O) groups is 5. The summed E-state index contributed by atoms with van der Waals surface area (Å²) in [5, 5.41) is 7.40. The molecule has 3 aliphatic rings. The number of nitrogens with zero attached hydrogens (tertiary/aromatic N) is 1. The molecule has 11 nitrogen and oxygen atoms in total. The first-order chi connectivity index (χ1) is 18.5. The molecule has 3 N–H and O–H groups in total. The summed E-state index contributed by atoms with van der Waals surface area (Å²) in [7, 11) is 1.27. The summed E-state index contributed by atoms with van der Waals surface area (Å²) < 4.78 is 40.8. The van der Waals surface area contributed by atoms with Crippen LogP contribution in [0.3, 0.4) is 0 Å². The number of ketones is 1. The van der Waals surface area contributed by atoms with E-state index in [0.29, 0.717) is 5.56 Å². The van der Waals surface area contributed by atoms with Gasteiger partial charge in [0.25, 0.3) is 11.8 Å². The van der Waals surface area contributed by atoms with Gasteiger partial charge in [-0.3, -0.25) is 24.5 Å². The number of carbonyl (C=O) groups excluding carboxylic acids is 5. The molecule has 13 heteroatoms. The standard InChI is InChI=1S/C26H20F2N4O7/c1-25(17(33)8-19(34)30-25)13-5-12-6-18(39-16(12)7-14(13)27)26(23(36)29-24(37)31-26)10-32-9-11-3-4-15(38-2)21(28)20(11)22(32)35/h3-7H,8-10H2,1-2H3,(H,30,34)(H2,29,31,36,37)/t25?,26-/m0/s1. The molecule has 4 heterocycles. The second-order valence-corrected chi connectivity index (χ2v) is 9.84. The lowest BCUT2D eigenvalue weighted by molar-refractivity contribution is -0.125. The molecule has 1 unspecified atom stereocenters. The van der Waals surface area contributed by atoms with Gasteiger partial charge in [-0.25, -0.2) is 13.6 Å². The van der Waals surface area contributed by atoms with Crippen molar-refractivity contribution in [3.05, 3.63) is 64.4 Å². The largest absolute Gasteiger partial charge is 0.494 e. The number of benzene rings is 2. The van der Waals surface area contributed by atoms with Crippen molar-refractivity contribution in [2.75, 3.05) is 13.7 Å². The predicted octanol–water partition coefficient (Wildman–Crippen LogP) is 1.71. The summed E-state index contributed by atoms with van der Waals surface area (Å²) in [6.45, 7) is 0.906. The normalized spacial score (nSPS) is 24.3. The number of hydrogen-bond donors (Lipinski definition) is 3. The molecule has 2 atom stereocenters. The molecule has 0 aliphatic carbocycles. The fourth-order valence-corrected chi connectivity index (χ4v) is 5.41. The number of methoxy groups -OCH3 is 1. The average Bonchev–Trinajstić information content (AvgIpc) is 3.58. The molecule has 200 valence electrons. The highest BCUT2D eigenvalue weighted by molar-refractivity contribution is 6.11. The minimum absolute atomic E-state index is 0.00763. The molecule has 5 amide bonds. The summed E-state index contributed by atoms with van der Waals surface area (Å²) in [5.74, 6) is -4.51. The number of urea groups is 1. The van der Waals surface area contributed by atoms with Crippen LogP contribution in [0.15, 0.2) is 34.7 Å². The number of fused-ring (bicyclic) bond motifs is 2. The maximum Gasteiger partial charge on any atom is 0.322 e. The van der Waals surface area contributed by atoms with E-state index < -0.39 is 65.2 Å². The number of nitrogens with one attached hydrogen (secondary N) is 3. The first-order valence-corrected chi connectivity index (χ1v) is 11.8. The first kappa shape index (κ1) is 24.5. The summed E-state index contributed by atoms with van der Waals surface area (Å²) in [4.78, 5) is 64.0. The zero-order chi connectivity index (χ0) is 27.9. The number of amides is 5. The third-order valence-corrected chi connectivity index (χ3v) is 7.48. The molecule has 3 aromatic rings. The SMILES string of the molecule is COc1ccc2c(c1F)C(=O)N(C[C@@]1(c3cc4cc(C5(C)NC(=O)CC5=O)c(F)cc4o3)NC(=O)NC1=O)C2. The summed E-state index contributed by atoms with van der Waals surface area (Å²) >= 11 is 0. The minimum atomic E-state index is -1.92. The van der Waals surface area contributed by atoms with Gasteiger partial charge in [0.2, 0.25) is 5.91 Å². The quantitative estimate of drug-likeness (QED) is 0.331. The second kappa shape index (κ2) is 8.09. The Hall–Kier alpha value is -4.81. The average molecular weight is 538 g/mol. The van der Waals surface area contributed by atoms with Crippen molar-refractivity contribution in [3.63, 3.8) is 0 Å². The van der Waals surface area contributed by atoms with Crippen LogP contribution in [0.2, 0.25) is 0 Å². The van der Waals surface area contributed by atoms with Gasteiger partial charge in [-0.15, -0.1) is 0 Å². The molecule has 0 radical (unpaired) electrons. The second-order valence-electron chi connectivity index (χ2n) is 9.84.